The number of hydrogen-bond acceptors (Lipinski definition) is 5. The molecule has 1 amide bonds. The molecule has 3 heterocycles. The van der Waals surface area contributed by atoms with Crippen LogP contribution in [0.5, 0.6) is 0 Å². The van der Waals surface area contributed by atoms with Crippen LogP contribution in [0.15, 0.2) is 48.9 Å². The van der Waals surface area contributed by atoms with Gasteiger partial charge in [-0.1, -0.05) is 24.6 Å². The number of aryl methyl sites for hydroxylation is 2. The van der Waals surface area contributed by atoms with Gasteiger partial charge in [0, 0.05) is 43.7 Å². The summed E-state index contributed by atoms with van der Waals surface area (Å²) >= 11 is 0. The number of benzene rings is 1. The van der Waals surface area contributed by atoms with Crippen molar-refractivity contribution < 1.29 is 4.79 Å². The fourth-order valence-corrected chi connectivity index (χ4v) is 4.39. The van der Waals surface area contributed by atoms with Crippen LogP contribution in [0.1, 0.15) is 41.3 Å². The molecule has 7 nitrogen and oxygen atoms in total. The lowest BCUT2D eigenvalue weighted by Gasteiger charge is -2.40. The zero-order chi connectivity index (χ0) is 22.7. The monoisotopic (exact) mass is 428 g/mol. The van der Waals surface area contributed by atoms with E-state index in [1.807, 2.05) is 43.3 Å². The van der Waals surface area contributed by atoms with Crippen LogP contribution < -0.4 is 5.32 Å². The lowest BCUT2D eigenvalue weighted by molar-refractivity contribution is 0.0540. The Labute approximate surface area is 188 Å². The number of carbonyl (C=O) groups excluding carboxylic acids is 1. The van der Waals surface area contributed by atoms with Crippen molar-refractivity contribution in [2.24, 2.45) is 13.0 Å². The van der Waals surface area contributed by atoms with Gasteiger partial charge in [-0.25, -0.2) is 4.98 Å². The number of nitrogens with zero attached hydrogens (tertiary/aromatic N) is 5. The van der Waals surface area contributed by atoms with Crippen molar-refractivity contribution in [1.29, 1.82) is 5.26 Å². The molecule has 2 aromatic heterocycles. The van der Waals surface area contributed by atoms with Crippen molar-refractivity contribution in [3.8, 4) is 17.2 Å². The maximum absolute atomic E-state index is 13.8. The lowest BCUT2D eigenvalue weighted by atomic mass is 9.89. The van der Waals surface area contributed by atoms with E-state index in [2.05, 4.69) is 28.4 Å². The number of likely N-dealkylation sites (tertiary alicyclic amines) is 1. The molecule has 1 fully saturated rings. The van der Waals surface area contributed by atoms with Crippen molar-refractivity contribution in [2.45, 2.75) is 32.7 Å². The van der Waals surface area contributed by atoms with Crippen LogP contribution >= 0.6 is 0 Å². The highest BCUT2D eigenvalue weighted by atomic mass is 16.2. The van der Waals surface area contributed by atoms with E-state index in [0.29, 0.717) is 29.4 Å². The zero-order valence-electron chi connectivity index (χ0n) is 18.7. The second-order valence-corrected chi connectivity index (χ2v) is 8.56. The van der Waals surface area contributed by atoms with E-state index in [-0.39, 0.29) is 11.9 Å². The molecule has 1 N–H and O–H groups in total. The molecule has 1 saturated heterocycles. The van der Waals surface area contributed by atoms with Gasteiger partial charge >= 0.3 is 0 Å². The molecule has 0 saturated carbocycles. The number of pyridine rings is 1. The molecule has 0 aliphatic carbocycles. The Morgan fingerprint density at radius 1 is 1.28 bits per heavy atom. The van der Waals surface area contributed by atoms with E-state index in [1.54, 1.807) is 29.2 Å². The van der Waals surface area contributed by atoms with Crippen molar-refractivity contribution in [3.63, 3.8) is 0 Å². The van der Waals surface area contributed by atoms with Gasteiger partial charge in [-0.15, -0.1) is 0 Å². The average molecular weight is 429 g/mol. The summed E-state index contributed by atoms with van der Waals surface area (Å²) in [5.74, 6) is 1.13. The molecule has 0 bridgehead atoms. The first-order chi connectivity index (χ1) is 15.5. The molecule has 32 heavy (non-hydrogen) atoms. The van der Waals surface area contributed by atoms with Gasteiger partial charge in [0.05, 0.1) is 17.8 Å². The number of piperidine rings is 1. The Balaban J connectivity index is 1.60. The molecule has 1 aliphatic rings. The minimum Gasteiger partial charge on any atom is -0.368 e. The molecular weight excluding hydrogens is 400 g/mol. The van der Waals surface area contributed by atoms with Crippen LogP contribution in [-0.4, -0.2) is 44.7 Å². The number of nitriles is 1. The molecule has 4 rings (SSSR count). The summed E-state index contributed by atoms with van der Waals surface area (Å²) in [6.07, 6.45) is 7.38. The number of rotatable bonds is 5. The third kappa shape index (κ3) is 4.50. The van der Waals surface area contributed by atoms with E-state index in [4.69, 9.17) is 5.26 Å². The minimum absolute atomic E-state index is 0.0518. The standard InChI is InChI=1S/C25H28N6O/c1-17-6-8-21(20-14-29-30(3)16-20)22(11-17)25(32)31-10-4-5-18(2)23(31)15-28-24-9-7-19(12-26)13-27-24/h6-9,11,13-14,16,18,23H,4-5,10,15H2,1-3H3,(H,27,28)/t18-,23?/m1/s1. The highest BCUT2D eigenvalue weighted by molar-refractivity contribution is 6.01. The number of nitrogens with one attached hydrogen (secondary N) is 1. The van der Waals surface area contributed by atoms with Gasteiger partial charge in [-0.2, -0.15) is 10.4 Å². The van der Waals surface area contributed by atoms with Gasteiger partial charge in [0.2, 0.25) is 0 Å². The smallest absolute Gasteiger partial charge is 0.254 e. The lowest BCUT2D eigenvalue weighted by Crippen LogP contribution is -2.51. The molecule has 1 aliphatic heterocycles. The van der Waals surface area contributed by atoms with Crippen LogP contribution in [0.2, 0.25) is 0 Å². The quantitative estimate of drug-likeness (QED) is 0.663. The van der Waals surface area contributed by atoms with Crippen molar-refractivity contribution in [1.82, 2.24) is 19.7 Å². The van der Waals surface area contributed by atoms with Gasteiger partial charge in [-0.3, -0.25) is 9.48 Å². The minimum atomic E-state index is 0.0518. The molecule has 3 aromatic rings. The van der Waals surface area contributed by atoms with E-state index >= 15 is 0 Å². The molecule has 1 unspecified atom stereocenters. The van der Waals surface area contributed by atoms with Crippen molar-refractivity contribution in [2.75, 3.05) is 18.4 Å². The third-order valence-corrected chi connectivity index (χ3v) is 6.18. The summed E-state index contributed by atoms with van der Waals surface area (Å²) in [6.45, 7) is 5.56. The Kier molecular flexibility index (Phi) is 6.22. The summed E-state index contributed by atoms with van der Waals surface area (Å²) in [5, 5.41) is 16.6. The fourth-order valence-electron chi connectivity index (χ4n) is 4.39. The van der Waals surface area contributed by atoms with E-state index < -0.39 is 0 Å². The summed E-state index contributed by atoms with van der Waals surface area (Å²) in [7, 11) is 1.88. The number of aromatic nitrogens is 3. The molecule has 0 radical (unpaired) electrons. The van der Waals surface area contributed by atoms with Gasteiger partial charge < -0.3 is 10.2 Å². The molecule has 164 valence electrons. The van der Waals surface area contributed by atoms with E-state index in [1.165, 1.54) is 0 Å². The predicted molar refractivity (Wildman–Crippen MR) is 124 cm³/mol. The second kappa shape index (κ2) is 9.23. The molecular formula is C25H28N6O. The maximum atomic E-state index is 13.8. The number of anilines is 1. The Morgan fingerprint density at radius 2 is 2.12 bits per heavy atom. The first-order valence-electron chi connectivity index (χ1n) is 11.0. The number of carbonyl (C=O) groups is 1. The number of amides is 1. The van der Waals surface area contributed by atoms with Crippen LogP contribution in [0, 0.1) is 24.2 Å². The van der Waals surface area contributed by atoms with Crippen LogP contribution in [-0.2, 0) is 7.05 Å². The van der Waals surface area contributed by atoms with Gasteiger partial charge in [0.15, 0.2) is 0 Å². The average Bonchev–Trinajstić information content (AvgIpc) is 3.24. The highest BCUT2D eigenvalue weighted by Gasteiger charge is 2.33. The Hall–Kier alpha value is -3.66. The summed E-state index contributed by atoms with van der Waals surface area (Å²) < 4.78 is 1.75. The summed E-state index contributed by atoms with van der Waals surface area (Å²) in [5.41, 5.74) is 4.15. The van der Waals surface area contributed by atoms with Gasteiger partial charge in [0.25, 0.3) is 5.91 Å². The fraction of sp³-hybridized carbons (Fsp3) is 0.360. The molecule has 7 heteroatoms. The normalized spacial score (nSPS) is 18.2. The predicted octanol–water partition coefficient (Wildman–Crippen LogP) is 4.02. The second-order valence-electron chi connectivity index (χ2n) is 8.56. The zero-order valence-corrected chi connectivity index (χ0v) is 18.7. The number of hydrogen-bond donors (Lipinski definition) is 1. The topological polar surface area (TPSA) is 86.8 Å². The van der Waals surface area contributed by atoms with Crippen LogP contribution in [0.3, 0.4) is 0 Å². The summed E-state index contributed by atoms with van der Waals surface area (Å²) in [4.78, 5) is 20.1. The van der Waals surface area contributed by atoms with Crippen molar-refractivity contribution >= 4 is 11.7 Å². The Bertz CT molecular complexity index is 1140. The maximum Gasteiger partial charge on any atom is 0.254 e. The summed E-state index contributed by atoms with van der Waals surface area (Å²) in [6, 6.07) is 11.7. The molecule has 2 atom stereocenters. The van der Waals surface area contributed by atoms with Crippen molar-refractivity contribution in [3.05, 3.63) is 65.6 Å². The van der Waals surface area contributed by atoms with Crippen LogP contribution in [0.25, 0.3) is 11.1 Å². The largest absolute Gasteiger partial charge is 0.368 e. The first-order valence-corrected chi connectivity index (χ1v) is 11.0. The highest BCUT2D eigenvalue weighted by Crippen LogP contribution is 2.30. The van der Waals surface area contributed by atoms with Crippen LogP contribution in [0.4, 0.5) is 5.82 Å². The Morgan fingerprint density at radius 3 is 2.81 bits per heavy atom. The SMILES string of the molecule is Cc1ccc(-c2cnn(C)c2)c(C(=O)N2CCC[C@@H](C)C2CNc2ccc(C#N)cn2)c1. The van der Waals surface area contributed by atoms with Gasteiger partial charge in [0.1, 0.15) is 11.9 Å². The first kappa shape index (κ1) is 21.6. The van der Waals surface area contributed by atoms with E-state index in [9.17, 15) is 4.79 Å². The van der Waals surface area contributed by atoms with Gasteiger partial charge in [-0.05, 0) is 49.4 Å². The molecule has 0 spiro atoms. The third-order valence-electron chi connectivity index (χ3n) is 6.18. The van der Waals surface area contributed by atoms with E-state index in [0.717, 1.165) is 36.1 Å². The molecule has 1 aromatic carbocycles.